The Morgan fingerprint density at radius 2 is 2.30 bits per heavy atom. The fourth-order valence-electron chi connectivity index (χ4n) is 1.08. The highest BCUT2D eigenvalue weighted by Gasteiger charge is 2.25. The third-order valence-corrected chi connectivity index (χ3v) is 2.16. The zero-order valence-corrected chi connectivity index (χ0v) is 6.30. The van der Waals surface area contributed by atoms with Crippen LogP contribution in [0.5, 0.6) is 0 Å². The van der Waals surface area contributed by atoms with Gasteiger partial charge in [0.2, 0.25) is 0 Å². The minimum absolute atomic E-state index is 0.709. The van der Waals surface area contributed by atoms with Crippen molar-refractivity contribution in [2.24, 2.45) is 0 Å². The molecule has 1 fully saturated rings. The third kappa shape index (κ3) is 1.01. The average molecular weight is 154 g/mol. The van der Waals surface area contributed by atoms with E-state index < -0.39 is 0 Å². The first kappa shape index (κ1) is 6.17. The van der Waals surface area contributed by atoms with Crippen LogP contribution in [0.25, 0.3) is 0 Å². The van der Waals surface area contributed by atoms with Gasteiger partial charge >= 0.3 is 0 Å². The molecule has 1 heterocycles. The lowest BCUT2D eigenvalue weighted by Crippen LogP contribution is -1.81. The molecule has 1 aromatic heterocycles. The highest BCUT2D eigenvalue weighted by atomic mass is 35.5. The Hall–Kier alpha value is -0.560. The molecule has 0 N–H and O–H groups in total. The fraction of sp³-hybridized carbons (Fsp3) is 0.375. The van der Waals surface area contributed by atoms with E-state index in [0.29, 0.717) is 5.92 Å². The summed E-state index contributed by atoms with van der Waals surface area (Å²) in [5.74, 6) is 0.709. The molecule has 1 aliphatic rings. The molecule has 2 rings (SSSR count). The summed E-state index contributed by atoms with van der Waals surface area (Å²) in [4.78, 5) is 4.02. The molecule has 0 aromatic carbocycles. The molecule has 0 unspecified atom stereocenters. The molecule has 2 heteroatoms. The third-order valence-electron chi connectivity index (χ3n) is 1.81. The van der Waals surface area contributed by atoms with Crippen LogP contribution in [0, 0.1) is 0 Å². The largest absolute Gasteiger partial charge is 0.264 e. The molecule has 10 heavy (non-hydrogen) atoms. The summed E-state index contributed by atoms with van der Waals surface area (Å²) in [6, 6.07) is 1.86. The first-order valence-corrected chi connectivity index (χ1v) is 3.85. The first-order valence-electron chi connectivity index (χ1n) is 3.47. The van der Waals surface area contributed by atoms with E-state index in [1.807, 2.05) is 12.3 Å². The summed E-state index contributed by atoms with van der Waals surface area (Å²) in [6.45, 7) is 0. The zero-order valence-electron chi connectivity index (χ0n) is 5.55. The van der Waals surface area contributed by atoms with Crippen LogP contribution < -0.4 is 0 Å². The van der Waals surface area contributed by atoms with Crippen LogP contribution in [-0.4, -0.2) is 4.98 Å². The highest BCUT2D eigenvalue weighted by molar-refractivity contribution is 6.31. The Bertz CT molecular complexity index is 243. The lowest BCUT2D eigenvalue weighted by molar-refractivity contribution is 1.09. The van der Waals surface area contributed by atoms with Crippen molar-refractivity contribution < 1.29 is 0 Å². The summed E-state index contributed by atoms with van der Waals surface area (Å²) in [5.41, 5.74) is 1.23. The highest BCUT2D eigenvalue weighted by Crippen LogP contribution is 2.42. The van der Waals surface area contributed by atoms with Gasteiger partial charge in [0.15, 0.2) is 0 Å². The molecule has 52 valence electrons. The molecular formula is C8H8ClN. The van der Waals surface area contributed by atoms with E-state index in [2.05, 4.69) is 4.98 Å². The van der Waals surface area contributed by atoms with Gasteiger partial charge < -0.3 is 0 Å². The summed E-state index contributed by atoms with van der Waals surface area (Å²) in [6.07, 6.45) is 6.17. The van der Waals surface area contributed by atoms with E-state index in [-0.39, 0.29) is 0 Å². The van der Waals surface area contributed by atoms with E-state index >= 15 is 0 Å². The van der Waals surface area contributed by atoms with Gasteiger partial charge in [-0.05, 0) is 30.4 Å². The maximum absolute atomic E-state index is 5.92. The van der Waals surface area contributed by atoms with Crippen LogP contribution >= 0.6 is 11.6 Å². The summed E-state index contributed by atoms with van der Waals surface area (Å²) in [5, 5.41) is 0.873. The predicted molar refractivity (Wildman–Crippen MR) is 41.2 cm³/mol. The van der Waals surface area contributed by atoms with Crippen LogP contribution in [0.1, 0.15) is 24.3 Å². The number of hydrogen-bond donors (Lipinski definition) is 0. The van der Waals surface area contributed by atoms with Gasteiger partial charge in [0.1, 0.15) is 0 Å². The Balaban J connectivity index is 2.39. The Labute approximate surface area is 65.0 Å². The van der Waals surface area contributed by atoms with Crippen molar-refractivity contribution in [3.63, 3.8) is 0 Å². The predicted octanol–water partition coefficient (Wildman–Crippen LogP) is 2.61. The Morgan fingerprint density at radius 3 is 2.90 bits per heavy atom. The van der Waals surface area contributed by atoms with Gasteiger partial charge in [-0.15, -0.1) is 0 Å². The maximum atomic E-state index is 5.92. The van der Waals surface area contributed by atoms with Crippen LogP contribution in [-0.2, 0) is 0 Å². The van der Waals surface area contributed by atoms with Crippen LogP contribution in [0.2, 0.25) is 5.02 Å². The molecular weight excluding hydrogens is 146 g/mol. The Kier molecular flexibility index (Phi) is 1.38. The molecule has 0 saturated heterocycles. The smallest absolute Gasteiger partial charge is 0.0471 e. The second kappa shape index (κ2) is 2.24. The molecule has 0 aliphatic heterocycles. The van der Waals surface area contributed by atoms with E-state index in [1.54, 1.807) is 6.20 Å². The summed E-state index contributed by atoms with van der Waals surface area (Å²) < 4.78 is 0. The minimum atomic E-state index is 0.709. The molecule has 1 nitrogen and oxygen atoms in total. The van der Waals surface area contributed by atoms with E-state index in [9.17, 15) is 0 Å². The number of nitrogens with zero attached hydrogens (tertiary/aromatic N) is 1. The molecule has 0 radical (unpaired) electrons. The fourth-order valence-corrected chi connectivity index (χ4v) is 1.34. The molecule has 0 spiro atoms. The molecule has 1 saturated carbocycles. The average Bonchev–Trinajstić information content (AvgIpc) is 2.71. The number of rotatable bonds is 1. The molecule has 0 atom stereocenters. The molecule has 0 bridgehead atoms. The van der Waals surface area contributed by atoms with Gasteiger partial charge in [-0.2, -0.15) is 0 Å². The van der Waals surface area contributed by atoms with E-state index in [1.165, 1.54) is 18.4 Å². The lowest BCUT2D eigenvalue weighted by atomic mass is 10.2. The van der Waals surface area contributed by atoms with Gasteiger partial charge in [0, 0.05) is 17.4 Å². The SMILES string of the molecule is Clc1ccncc1C1CC1. The standard InChI is InChI=1S/C8H8ClN/c9-8-3-4-10-5-7(8)6-1-2-6/h3-6H,1-2H2. The van der Waals surface area contributed by atoms with Crippen LogP contribution in [0.15, 0.2) is 18.5 Å². The number of halogens is 1. The van der Waals surface area contributed by atoms with Gasteiger partial charge in [0.05, 0.1) is 0 Å². The van der Waals surface area contributed by atoms with Gasteiger partial charge in [-0.1, -0.05) is 11.6 Å². The quantitative estimate of drug-likeness (QED) is 0.605. The van der Waals surface area contributed by atoms with Gasteiger partial charge in [-0.3, -0.25) is 4.98 Å². The second-order valence-electron chi connectivity index (χ2n) is 2.67. The van der Waals surface area contributed by atoms with Crippen molar-refractivity contribution in [3.05, 3.63) is 29.0 Å². The van der Waals surface area contributed by atoms with Gasteiger partial charge in [-0.25, -0.2) is 0 Å². The topological polar surface area (TPSA) is 12.9 Å². The summed E-state index contributed by atoms with van der Waals surface area (Å²) in [7, 11) is 0. The van der Waals surface area contributed by atoms with Crippen LogP contribution in [0.4, 0.5) is 0 Å². The summed E-state index contributed by atoms with van der Waals surface area (Å²) >= 11 is 5.92. The first-order chi connectivity index (χ1) is 4.88. The van der Waals surface area contributed by atoms with Crippen molar-refractivity contribution in [2.75, 3.05) is 0 Å². The van der Waals surface area contributed by atoms with E-state index in [4.69, 9.17) is 11.6 Å². The zero-order chi connectivity index (χ0) is 6.97. The lowest BCUT2D eigenvalue weighted by Gasteiger charge is -1.97. The molecule has 0 amide bonds. The number of aromatic nitrogens is 1. The maximum Gasteiger partial charge on any atom is 0.0471 e. The molecule has 1 aromatic rings. The Morgan fingerprint density at radius 1 is 1.50 bits per heavy atom. The number of pyridine rings is 1. The van der Waals surface area contributed by atoms with E-state index in [0.717, 1.165) is 5.02 Å². The second-order valence-corrected chi connectivity index (χ2v) is 3.08. The number of hydrogen-bond acceptors (Lipinski definition) is 1. The van der Waals surface area contributed by atoms with Crippen molar-refractivity contribution in [1.82, 2.24) is 4.98 Å². The monoisotopic (exact) mass is 153 g/mol. The van der Waals surface area contributed by atoms with Crippen molar-refractivity contribution in [2.45, 2.75) is 18.8 Å². The van der Waals surface area contributed by atoms with Crippen LogP contribution in [0.3, 0.4) is 0 Å². The van der Waals surface area contributed by atoms with Crippen molar-refractivity contribution >= 4 is 11.6 Å². The minimum Gasteiger partial charge on any atom is -0.264 e. The normalized spacial score (nSPS) is 17.3. The molecule has 1 aliphatic carbocycles. The van der Waals surface area contributed by atoms with Crippen molar-refractivity contribution in [1.29, 1.82) is 0 Å². The van der Waals surface area contributed by atoms with Crippen molar-refractivity contribution in [3.8, 4) is 0 Å². The van der Waals surface area contributed by atoms with Gasteiger partial charge in [0.25, 0.3) is 0 Å².